The molecule has 0 unspecified atom stereocenters. The Morgan fingerprint density at radius 2 is 2.06 bits per heavy atom. The van der Waals surface area contributed by atoms with Crippen LogP contribution in [-0.4, -0.2) is 17.5 Å². The third kappa shape index (κ3) is 4.01. The van der Waals surface area contributed by atoms with Gasteiger partial charge in [-0.25, -0.2) is 0 Å². The van der Waals surface area contributed by atoms with Crippen molar-refractivity contribution in [1.29, 1.82) is 0 Å². The Kier molecular flexibility index (Phi) is 5.19. The minimum Gasteiger partial charge on any atom is -0.405 e. The quantitative estimate of drug-likeness (QED) is 0.601. The molecule has 0 aliphatic heterocycles. The molecule has 0 atom stereocenters. The predicted octanol–water partition coefficient (Wildman–Crippen LogP) is 4.12. The van der Waals surface area contributed by atoms with Crippen LogP contribution >= 0.6 is 15.9 Å². The van der Waals surface area contributed by atoms with Crippen LogP contribution in [0.5, 0.6) is 5.75 Å². The molecule has 0 spiro atoms. The first-order chi connectivity index (χ1) is 8.39. The number of rotatable bonds is 5. The van der Waals surface area contributed by atoms with Crippen LogP contribution in [0.15, 0.2) is 18.2 Å². The van der Waals surface area contributed by atoms with Crippen molar-refractivity contribution in [2.24, 2.45) is 0 Å². The maximum atomic E-state index is 12.3. The van der Waals surface area contributed by atoms with Gasteiger partial charge in [-0.2, -0.15) is 0 Å². The Bertz CT molecular complexity index is 430. The van der Waals surface area contributed by atoms with Crippen molar-refractivity contribution in [3.05, 3.63) is 29.3 Å². The van der Waals surface area contributed by atoms with Crippen molar-refractivity contribution in [2.45, 2.75) is 26.1 Å². The monoisotopic (exact) mass is 324 g/mol. The first kappa shape index (κ1) is 15.0. The van der Waals surface area contributed by atoms with Crippen LogP contribution in [0.2, 0.25) is 0 Å². The summed E-state index contributed by atoms with van der Waals surface area (Å²) in [6, 6.07) is 4.43. The molecule has 0 aliphatic carbocycles. The molecule has 6 heteroatoms. The highest BCUT2D eigenvalue weighted by Crippen LogP contribution is 2.31. The number of halogens is 4. The second kappa shape index (κ2) is 6.22. The van der Waals surface area contributed by atoms with Gasteiger partial charge in [0.05, 0.1) is 5.56 Å². The maximum absolute atomic E-state index is 12.3. The second-order valence-corrected chi connectivity index (χ2v) is 4.35. The van der Waals surface area contributed by atoms with Gasteiger partial charge in [-0.05, 0) is 18.1 Å². The maximum Gasteiger partial charge on any atom is 0.573 e. The van der Waals surface area contributed by atoms with Gasteiger partial charge in [-0.3, -0.25) is 4.79 Å². The number of benzene rings is 1. The van der Waals surface area contributed by atoms with Gasteiger partial charge in [0.25, 0.3) is 0 Å². The number of ketones is 1. The van der Waals surface area contributed by atoms with Gasteiger partial charge in [0.2, 0.25) is 0 Å². The third-order valence-corrected chi connectivity index (χ3v) is 2.71. The number of carbonyl (C=O) groups excluding carboxylic acids is 1. The molecule has 0 amide bonds. The molecule has 1 aromatic rings. The van der Waals surface area contributed by atoms with Crippen LogP contribution in [0, 0.1) is 0 Å². The fourth-order valence-electron chi connectivity index (χ4n) is 1.54. The number of aryl methyl sites for hydroxylation is 1. The van der Waals surface area contributed by atoms with E-state index < -0.39 is 6.36 Å². The van der Waals surface area contributed by atoms with Crippen molar-refractivity contribution in [2.75, 3.05) is 5.33 Å². The molecule has 18 heavy (non-hydrogen) atoms. The average Bonchev–Trinajstić information content (AvgIpc) is 2.27. The molecule has 0 radical (unpaired) electrons. The van der Waals surface area contributed by atoms with Gasteiger partial charge < -0.3 is 4.74 Å². The minimum atomic E-state index is -4.80. The summed E-state index contributed by atoms with van der Waals surface area (Å²) in [6.45, 7) is 1.71. The molecule has 0 aliphatic rings. The summed E-state index contributed by atoms with van der Waals surface area (Å²) in [5.41, 5.74) is 0.346. The van der Waals surface area contributed by atoms with Crippen LogP contribution in [0.3, 0.4) is 0 Å². The van der Waals surface area contributed by atoms with E-state index in [1.807, 2.05) is 0 Å². The molecule has 0 N–H and O–H groups in total. The lowest BCUT2D eigenvalue weighted by Crippen LogP contribution is -2.20. The van der Waals surface area contributed by atoms with E-state index in [9.17, 15) is 18.0 Å². The predicted molar refractivity (Wildman–Crippen MR) is 65.2 cm³/mol. The molecule has 0 fully saturated rings. The summed E-state index contributed by atoms with van der Waals surface area (Å²) in [6.07, 6.45) is -4.31. The summed E-state index contributed by atoms with van der Waals surface area (Å²) in [5, 5.41) is 0.396. The van der Waals surface area contributed by atoms with E-state index in [0.717, 1.165) is 0 Å². The van der Waals surface area contributed by atoms with Crippen LogP contribution in [0.1, 0.15) is 29.3 Å². The van der Waals surface area contributed by atoms with Gasteiger partial charge in [-0.15, -0.1) is 13.2 Å². The number of para-hydroxylation sites is 1. The average molecular weight is 325 g/mol. The number of Topliss-reactive ketones (excluding diaryl/α,β-unsaturated/α-hetero) is 1. The largest absolute Gasteiger partial charge is 0.573 e. The second-order valence-electron chi connectivity index (χ2n) is 3.56. The van der Waals surface area contributed by atoms with E-state index in [2.05, 4.69) is 20.7 Å². The van der Waals surface area contributed by atoms with E-state index >= 15 is 0 Å². The van der Waals surface area contributed by atoms with Crippen molar-refractivity contribution in [3.8, 4) is 5.75 Å². The highest BCUT2D eigenvalue weighted by atomic mass is 79.9. The summed E-state index contributed by atoms with van der Waals surface area (Å²) in [7, 11) is 0. The molecular formula is C12H12BrF3O2. The zero-order chi connectivity index (χ0) is 13.8. The number of hydrogen-bond acceptors (Lipinski definition) is 2. The minimum absolute atomic E-state index is 0.0221. The van der Waals surface area contributed by atoms with Gasteiger partial charge >= 0.3 is 6.36 Å². The standard InChI is InChI=1S/C12H12BrF3O2/c1-2-8-4-3-5-9(10(17)6-7-13)11(8)18-12(14,15)16/h3-5H,2,6-7H2,1H3. The van der Waals surface area contributed by atoms with E-state index in [1.165, 1.54) is 12.1 Å². The molecule has 1 aromatic carbocycles. The van der Waals surface area contributed by atoms with E-state index in [0.29, 0.717) is 17.3 Å². The number of hydrogen-bond donors (Lipinski definition) is 0. The molecular weight excluding hydrogens is 313 g/mol. The highest BCUT2D eigenvalue weighted by molar-refractivity contribution is 9.09. The Morgan fingerprint density at radius 1 is 1.39 bits per heavy atom. The zero-order valence-electron chi connectivity index (χ0n) is 9.68. The van der Waals surface area contributed by atoms with Crippen LogP contribution < -0.4 is 4.74 Å². The van der Waals surface area contributed by atoms with E-state index in [4.69, 9.17) is 0 Å². The smallest absolute Gasteiger partial charge is 0.405 e. The number of alkyl halides is 4. The van der Waals surface area contributed by atoms with Crippen LogP contribution in [0.4, 0.5) is 13.2 Å². The van der Waals surface area contributed by atoms with E-state index in [1.54, 1.807) is 13.0 Å². The highest BCUT2D eigenvalue weighted by Gasteiger charge is 2.33. The van der Waals surface area contributed by atoms with Crippen molar-refractivity contribution in [1.82, 2.24) is 0 Å². The summed E-state index contributed by atoms with van der Waals surface area (Å²) >= 11 is 3.08. The van der Waals surface area contributed by atoms with Gasteiger partial charge in [0, 0.05) is 11.8 Å². The molecule has 1 rings (SSSR count). The van der Waals surface area contributed by atoms with Crippen LogP contribution in [-0.2, 0) is 6.42 Å². The summed E-state index contributed by atoms with van der Waals surface area (Å²) < 4.78 is 41.0. The molecule has 0 heterocycles. The summed E-state index contributed by atoms with van der Waals surface area (Å²) in [5.74, 6) is -0.750. The van der Waals surface area contributed by atoms with Crippen molar-refractivity contribution >= 4 is 21.7 Å². The van der Waals surface area contributed by atoms with Gasteiger partial charge in [0.1, 0.15) is 5.75 Å². The van der Waals surface area contributed by atoms with Gasteiger partial charge in [0.15, 0.2) is 5.78 Å². The van der Waals surface area contributed by atoms with E-state index in [-0.39, 0.29) is 23.5 Å². The van der Waals surface area contributed by atoms with Crippen molar-refractivity contribution < 1.29 is 22.7 Å². The lowest BCUT2D eigenvalue weighted by Gasteiger charge is -2.15. The van der Waals surface area contributed by atoms with Crippen LogP contribution in [0.25, 0.3) is 0 Å². The SMILES string of the molecule is CCc1cccc(C(=O)CCBr)c1OC(F)(F)F. The fraction of sp³-hybridized carbons (Fsp3) is 0.417. The fourth-order valence-corrected chi connectivity index (χ4v) is 1.90. The number of ether oxygens (including phenoxy) is 1. The molecule has 2 nitrogen and oxygen atoms in total. The Labute approximate surface area is 111 Å². The normalized spacial score (nSPS) is 11.4. The third-order valence-electron chi connectivity index (χ3n) is 2.32. The molecule has 0 saturated carbocycles. The molecule has 0 bridgehead atoms. The zero-order valence-corrected chi connectivity index (χ0v) is 11.3. The lowest BCUT2D eigenvalue weighted by molar-refractivity contribution is -0.275. The topological polar surface area (TPSA) is 26.3 Å². The first-order valence-corrected chi connectivity index (χ1v) is 6.48. The van der Waals surface area contributed by atoms with Gasteiger partial charge in [-0.1, -0.05) is 35.0 Å². The number of carbonyl (C=O) groups is 1. The lowest BCUT2D eigenvalue weighted by atomic mass is 10.0. The molecule has 0 aromatic heterocycles. The summed E-state index contributed by atoms with van der Waals surface area (Å²) in [4.78, 5) is 11.7. The Hall–Kier alpha value is -1.04. The molecule has 0 saturated heterocycles. The Balaban J connectivity index is 3.20. The molecule has 100 valence electrons. The first-order valence-electron chi connectivity index (χ1n) is 5.35. The van der Waals surface area contributed by atoms with Crippen molar-refractivity contribution in [3.63, 3.8) is 0 Å². The Morgan fingerprint density at radius 3 is 2.56 bits per heavy atom.